The Labute approximate surface area is 97.4 Å². The lowest BCUT2D eigenvalue weighted by Gasteiger charge is -2.40. The Morgan fingerprint density at radius 2 is 1.81 bits per heavy atom. The molecule has 2 aliphatic heterocycles. The lowest BCUT2D eigenvalue weighted by molar-refractivity contribution is 0.0932. The van der Waals surface area contributed by atoms with E-state index in [0.717, 1.165) is 45.8 Å². The molecule has 0 saturated carbocycles. The van der Waals surface area contributed by atoms with Crippen molar-refractivity contribution < 1.29 is 4.79 Å². The Morgan fingerprint density at radius 3 is 2.44 bits per heavy atom. The molecule has 0 aromatic rings. The van der Waals surface area contributed by atoms with Gasteiger partial charge in [0, 0.05) is 51.9 Å². The highest BCUT2D eigenvalue weighted by Gasteiger charge is 2.27. The minimum absolute atomic E-state index is 0.224. The maximum atomic E-state index is 12.2. The van der Waals surface area contributed by atoms with Crippen LogP contribution in [0.3, 0.4) is 0 Å². The van der Waals surface area contributed by atoms with Crippen LogP contribution in [0.25, 0.3) is 0 Å². The lowest BCUT2D eigenvalue weighted by Crippen LogP contribution is -2.57. The first-order valence-electron chi connectivity index (χ1n) is 6.13. The molecule has 0 aliphatic carbocycles. The molecule has 2 aliphatic rings. The normalized spacial score (nSPS) is 28.2. The summed E-state index contributed by atoms with van der Waals surface area (Å²) in [6.45, 7) is 8.43. The first-order chi connectivity index (χ1) is 7.68. The van der Waals surface area contributed by atoms with Crippen molar-refractivity contribution in [2.24, 2.45) is 0 Å². The van der Waals surface area contributed by atoms with Crippen molar-refractivity contribution in [1.29, 1.82) is 0 Å². The molecule has 0 spiro atoms. The van der Waals surface area contributed by atoms with Crippen LogP contribution in [0.5, 0.6) is 0 Å². The number of urea groups is 1. The number of likely N-dealkylation sites (N-methyl/N-ethyl adjacent to an activating group) is 1. The molecule has 2 fully saturated rings. The van der Waals surface area contributed by atoms with Crippen LogP contribution < -0.4 is 5.32 Å². The second-order valence-corrected chi connectivity index (χ2v) is 4.80. The second-order valence-electron chi connectivity index (χ2n) is 4.80. The molecule has 2 rings (SSSR count). The highest BCUT2D eigenvalue weighted by molar-refractivity contribution is 5.74. The van der Waals surface area contributed by atoms with Gasteiger partial charge in [-0.05, 0) is 14.0 Å². The summed E-state index contributed by atoms with van der Waals surface area (Å²) in [7, 11) is 2.12. The van der Waals surface area contributed by atoms with Crippen LogP contribution in [0, 0.1) is 0 Å². The van der Waals surface area contributed by atoms with Crippen LogP contribution in [0.2, 0.25) is 0 Å². The molecule has 2 amide bonds. The molecule has 5 heteroatoms. The van der Waals surface area contributed by atoms with E-state index in [1.54, 1.807) is 0 Å². The molecule has 0 aromatic carbocycles. The predicted octanol–water partition coefficient (Wildman–Crippen LogP) is -0.352. The van der Waals surface area contributed by atoms with Crippen LogP contribution in [0.1, 0.15) is 6.92 Å². The number of carbonyl (C=O) groups excluding carboxylic acids is 1. The fraction of sp³-hybridized carbons (Fsp3) is 0.909. The van der Waals surface area contributed by atoms with Gasteiger partial charge in [0.1, 0.15) is 0 Å². The zero-order valence-electron chi connectivity index (χ0n) is 10.3. The summed E-state index contributed by atoms with van der Waals surface area (Å²) in [6.07, 6.45) is 0. The van der Waals surface area contributed by atoms with E-state index in [4.69, 9.17) is 0 Å². The average Bonchev–Trinajstić information content (AvgIpc) is 2.33. The molecule has 1 atom stereocenters. The highest BCUT2D eigenvalue weighted by atomic mass is 16.2. The van der Waals surface area contributed by atoms with Crippen LogP contribution in [-0.4, -0.2) is 79.6 Å². The average molecular weight is 226 g/mol. The second kappa shape index (κ2) is 5.01. The molecule has 0 aromatic heterocycles. The van der Waals surface area contributed by atoms with Gasteiger partial charge in [-0.1, -0.05) is 0 Å². The van der Waals surface area contributed by atoms with E-state index in [-0.39, 0.29) is 6.03 Å². The Balaban J connectivity index is 1.89. The first kappa shape index (κ1) is 11.7. The SMILES string of the molecule is CC1CN(C(=O)N2CCNCC2)CCN1C. The van der Waals surface area contributed by atoms with E-state index in [2.05, 4.69) is 24.2 Å². The third-order valence-electron chi connectivity index (χ3n) is 3.62. The van der Waals surface area contributed by atoms with Gasteiger partial charge in [-0.3, -0.25) is 0 Å². The number of amides is 2. The maximum Gasteiger partial charge on any atom is 0.320 e. The Bertz CT molecular complexity index is 252. The summed E-state index contributed by atoms with van der Waals surface area (Å²) < 4.78 is 0. The van der Waals surface area contributed by atoms with Crippen molar-refractivity contribution >= 4 is 6.03 Å². The van der Waals surface area contributed by atoms with Gasteiger partial charge >= 0.3 is 6.03 Å². The minimum Gasteiger partial charge on any atom is -0.322 e. The minimum atomic E-state index is 0.224. The molecule has 1 unspecified atom stereocenters. The van der Waals surface area contributed by atoms with Crippen molar-refractivity contribution in [1.82, 2.24) is 20.0 Å². The third kappa shape index (κ3) is 2.47. The number of carbonyl (C=O) groups is 1. The summed E-state index contributed by atoms with van der Waals surface area (Å²) in [5, 5.41) is 3.27. The van der Waals surface area contributed by atoms with E-state index >= 15 is 0 Å². The van der Waals surface area contributed by atoms with Crippen LogP contribution >= 0.6 is 0 Å². The van der Waals surface area contributed by atoms with Gasteiger partial charge in [0.15, 0.2) is 0 Å². The first-order valence-corrected chi connectivity index (χ1v) is 6.13. The van der Waals surface area contributed by atoms with Gasteiger partial charge in [-0.15, -0.1) is 0 Å². The highest BCUT2D eigenvalue weighted by Crippen LogP contribution is 2.10. The molecular formula is C11H22N4O. The maximum absolute atomic E-state index is 12.2. The van der Waals surface area contributed by atoms with Gasteiger partial charge in [-0.2, -0.15) is 0 Å². The number of rotatable bonds is 0. The molecule has 1 N–H and O–H groups in total. The number of nitrogens with zero attached hydrogens (tertiary/aromatic N) is 3. The molecular weight excluding hydrogens is 204 g/mol. The fourth-order valence-corrected chi connectivity index (χ4v) is 2.28. The van der Waals surface area contributed by atoms with Crippen LogP contribution in [0.15, 0.2) is 0 Å². The summed E-state index contributed by atoms with van der Waals surface area (Å²) in [4.78, 5) is 18.5. The van der Waals surface area contributed by atoms with Crippen molar-refractivity contribution in [2.75, 3.05) is 52.9 Å². The fourth-order valence-electron chi connectivity index (χ4n) is 2.28. The summed E-state index contributed by atoms with van der Waals surface area (Å²) in [5.41, 5.74) is 0. The number of piperazine rings is 2. The van der Waals surface area contributed by atoms with Gasteiger partial charge in [0.25, 0.3) is 0 Å². The molecule has 2 saturated heterocycles. The summed E-state index contributed by atoms with van der Waals surface area (Å²) in [6, 6.07) is 0.696. The van der Waals surface area contributed by atoms with E-state index in [0.29, 0.717) is 6.04 Å². The quantitative estimate of drug-likeness (QED) is 0.613. The van der Waals surface area contributed by atoms with Gasteiger partial charge in [-0.25, -0.2) is 4.79 Å². The van der Waals surface area contributed by atoms with Crippen molar-refractivity contribution in [3.63, 3.8) is 0 Å². The molecule has 5 nitrogen and oxygen atoms in total. The van der Waals surface area contributed by atoms with Crippen molar-refractivity contribution in [3.8, 4) is 0 Å². The third-order valence-corrected chi connectivity index (χ3v) is 3.62. The monoisotopic (exact) mass is 226 g/mol. The topological polar surface area (TPSA) is 38.8 Å². The molecule has 16 heavy (non-hydrogen) atoms. The van der Waals surface area contributed by atoms with Crippen molar-refractivity contribution in [3.05, 3.63) is 0 Å². The summed E-state index contributed by atoms with van der Waals surface area (Å²) in [5.74, 6) is 0. The van der Waals surface area contributed by atoms with E-state index in [9.17, 15) is 4.79 Å². The zero-order valence-corrected chi connectivity index (χ0v) is 10.3. The van der Waals surface area contributed by atoms with Crippen LogP contribution in [0.4, 0.5) is 4.79 Å². The number of hydrogen-bond acceptors (Lipinski definition) is 3. The Kier molecular flexibility index (Phi) is 3.66. The summed E-state index contributed by atoms with van der Waals surface area (Å²) >= 11 is 0. The van der Waals surface area contributed by atoms with Gasteiger partial charge < -0.3 is 20.0 Å². The Morgan fingerprint density at radius 1 is 1.12 bits per heavy atom. The molecule has 2 heterocycles. The van der Waals surface area contributed by atoms with Gasteiger partial charge in [0.05, 0.1) is 0 Å². The lowest BCUT2D eigenvalue weighted by atomic mass is 10.2. The number of hydrogen-bond donors (Lipinski definition) is 1. The molecule has 0 radical (unpaired) electrons. The number of nitrogens with one attached hydrogen (secondary N) is 1. The van der Waals surface area contributed by atoms with E-state index < -0.39 is 0 Å². The standard InChI is InChI=1S/C11H22N4O/c1-10-9-15(8-7-13(10)2)11(16)14-5-3-12-4-6-14/h10,12H,3-9H2,1-2H3. The predicted molar refractivity (Wildman–Crippen MR) is 63.5 cm³/mol. The molecule has 0 bridgehead atoms. The van der Waals surface area contributed by atoms with Crippen molar-refractivity contribution in [2.45, 2.75) is 13.0 Å². The smallest absolute Gasteiger partial charge is 0.320 e. The molecule has 92 valence electrons. The van der Waals surface area contributed by atoms with Crippen LogP contribution in [-0.2, 0) is 0 Å². The van der Waals surface area contributed by atoms with Gasteiger partial charge in [0.2, 0.25) is 0 Å². The largest absolute Gasteiger partial charge is 0.322 e. The van der Waals surface area contributed by atoms with E-state index in [1.165, 1.54) is 0 Å². The van der Waals surface area contributed by atoms with E-state index in [1.807, 2.05) is 9.80 Å². The zero-order chi connectivity index (χ0) is 11.5. The Hall–Kier alpha value is -0.810.